The van der Waals surface area contributed by atoms with E-state index in [9.17, 15) is 13.2 Å². The van der Waals surface area contributed by atoms with E-state index in [0.29, 0.717) is 13.2 Å². The number of ether oxygens (including phenoxy) is 2. The maximum absolute atomic E-state index is 13.0. The second kappa shape index (κ2) is 7.64. The first-order valence-electron chi connectivity index (χ1n) is 7.86. The minimum atomic E-state index is -4.46. The minimum Gasteiger partial charge on any atom is -0.481 e. The van der Waals surface area contributed by atoms with E-state index < -0.39 is 17.8 Å². The average molecular weight is 372 g/mol. The van der Waals surface area contributed by atoms with Crippen LogP contribution in [0.3, 0.4) is 0 Å². The smallest absolute Gasteiger partial charge is 0.416 e. The van der Waals surface area contributed by atoms with E-state index in [1.54, 1.807) is 0 Å². The molecule has 7 heteroatoms. The third-order valence-electron chi connectivity index (χ3n) is 3.93. The molecule has 3 nitrogen and oxygen atoms in total. The highest BCUT2D eigenvalue weighted by Gasteiger charge is 2.33. The lowest BCUT2D eigenvalue weighted by Crippen LogP contribution is -2.43. The van der Waals surface area contributed by atoms with Gasteiger partial charge in [-0.2, -0.15) is 13.2 Å². The molecular formula is C18H17ClF3NO2. The molecule has 1 saturated heterocycles. The fraction of sp³-hybridized carbons (Fsp3) is 0.333. The van der Waals surface area contributed by atoms with Crippen molar-refractivity contribution in [1.82, 2.24) is 5.32 Å². The van der Waals surface area contributed by atoms with Gasteiger partial charge in [0.2, 0.25) is 0 Å². The lowest BCUT2D eigenvalue weighted by molar-refractivity contribution is -0.137. The predicted octanol–water partition coefficient (Wildman–Crippen LogP) is 4.47. The SMILES string of the molecule is FC(F)(F)c1ccc(Cl)c(O[C@@H](c2ccccc2)[C@@H]2CNCCO2)c1. The van der Waals surface area contributed by atoms with Crippen LogP contribution in [0.15, 0.2) is 48.5 Å². The molecule has 0 unspecified atom stereocenters. The number of alkyl halides is 3. The molecule has 1 fully saturated rings. The quantitative estimate of drug-likeness (QED) is 0.860. The lowest BCUT2D eigenvalue weighted by Gasteiger charge is -2.32. The van der Waals surface area contributed by atoms with Crippen LogP contribution >= 0.6 is 11.6 Å². The summed E-state index contributed by atoms with van der Waals surface area (Å²) >= 11 is 6.07. The molecule has 0 aliphatic carbocycles. The van der Waals surface area contributed by atoms with E-state index in [2.05, 4.69) is 5.32 Å². The van der Waals surface area contributed by atoms with Gasteiger partial charge in [0, 0.05) is 13.1 Å². The number of morpholine rings is 1. The van der Waals surface area contributed by atoms with Gasteiger partial charge in [0.25, 0.3) is 0 Å². The number of rotatable bonds is 4. The third-order valence-corrected chi connectivity index (χ3v) is 4.25. The highest BCUT2D eigenvalue weighted by atomic mass is 35.5. The maximum atomic E-state index is 13.0. The number of hydrogen-bond acceptors (Lipinski definition) is 3. The van der Waals surface area contributed by atoms with Gasteiger partial charge in [-0.05, 0) is 23.8 Å². The molecule has 2 aromatic rings. The first-order chi connectivity index (χ1) is 11.9. The standard InChI is InChI=1S/C18H17ClF3NO2/c19-14-7-6-13(18(20,21)22)10-15(14)25-17(12-4-2-1-3-5-12)16-11-23-8-9-24-16/h1-7,10,16-17,23H,8-9,11H2/t16-,17-/m0/s1. The van der Waals surface area contributed by atoms with E-state index in [1.807, 2.05) is 30.3 Å². The molecule has 25 heavy (non-hydrogen) atoms. The van der Waals surface area contributed by atoms with Crippen molar-refractivity contribution in [3.63, 3.8) is 0 Å². The molecule has 2 aromatic carbocycles. The van der Waals surface area contributed by atoms with Gasteiger partial charge in [-0.3, -0.25) is 0 Å². The van der Waals surface area contributed by atoms with Gasteiger partial charge in [0.15, 0.2) is 6.10 Å². The summed E-state index contributed by atoms with van der Waals surface area (Å²) in [6, 6.07) is 12.3. The summed E-state index contributed by atoms with van der Waals surface area (Å²) in [5.74, 6) is -0.0143. The molecule has 0 saturated carbocycles. The molecular weight excluding hydrogens is 355 g/mol. The van der Waals surface area contributed by atoms with Crippen molar-refractivity contribution < 1.29 is 22.6 Å². The zero-order chi connectivity index (χ0) is 17.9. The molecule has 0 aromatic heterocycles. The van der Waals surface area contributed by atoms with Gasteiger partial charge >= 0.3 is 6.18 Å². The Bertz CT molecular complexity index is 703. The van der Waals surface area contributed by atoms with E-state index in [4.69, 9.17) is 21.1 Å². The van der Waals surface area contributed by atoms with E-state index in [-0.39, 0.29) is 16.9 Å². The number of hydrogen-bond donors (Lipinski definition) is 1. The largest absolute Gasteiger partial charge is 0.481 e. The number of benzene rings is 2. The van der Waals surface area contributed by atoms with Crippen molar-refractivity contribution in [3.8, 4) is 5.75 Å². The van der Waals surface area contributed by atoms with E-state index >= 15 is 0 Å². The van der Waals surface area contributed by atoms with Crippen molar-refractivity contribution in [1.29, 1.82) is 0 Å². The number of nitrogens with one attached hydrogen (secondary N) is 1. The molecule has 0 amide bonds. The van der Waals surface area contributed by atoms with Gasteiger partial charge in [-0.25, -0.2) is 0 Å². The molecule has 1 aliphatic rings. The van der Waals surface area contributed by atoms with Gasteiger partial charge in [-0.15, -0.1) is 0 Å². The Morgan fingerprint density at radius 1 is 1.16 bits per heavy atom. The molecule has 0 bridgehead atoms. The Labute approximate surface area is 148 Å². The summed E-state index contributed by atoms with van der Waals surface area (Å²) in [7, 11) is 0. The first kappa shape index (κ1) is 18.0. The lowest BCUT2D eigenvalue weighted by atomic mass is 10.0. The highest BCUT2D eigenvalue weighted by molar-refractivity contribution is 6.32. The Kier molecular flexibility index (Phi) is 5.51. The van der Waals surface area contributed by atoms with Gasteiger partial charge in [0.1, 0.15) is 11.9 Å². The molecule has 2 atom stereocenters. The zero-order valence-electron chi connectivity index (χ0n) is 13.2. The maximum Gasteiger partial charge on any atom is 0.416 e. The van der Waals surface area contributed by atoms with Crippen molar-refractivity contribution in [2.75, 3.05) is 19.7 Å². The molecule has 0 radical (unpaired) electrons. The van der Waals surface area contributed by atoms with E-state index in [1.165, 1.54) is 6.07 Å². The minimum absolute atomic E-state index is 0.0143. The van der Waals surface area contributed by atoms with Crippen LogP contribution in [0.25, 0.3) is 0 Å². The van der Waals surface area contributed by atoms with Crippen molar-refractivity contribution >= 4 is 11.6 Å². The fourth-order valence-electron chi connectivity index (χ4n) is 2.69. The summed E-state index contributed by atoms with van der Waals surface area (Å²) in [6.45, 7) is 1.77. The van der Waals surface area contributed by atoms with Gasteiger partial charge < -0.3 is 14.8 Å². The second-order valence-corrected chi connectivity index (χ2v) is 6.11. The summed E-state index contributed by atoms with van der Waals surface area (Å²) in [5, 5.41) is 3.33. The summed E-state index contributed by atoms with van der Waals surface area (Å²) in [4.78, 5) is 0. The molecule has 1 aliphatic heterocycles. The predicted molar refractivity (Wildman–Crippen MR) is 88.9 cm³/mol. The highest BCUT2D eigenvalue weighted by Crippen LogP contribution is 2.37. The average Bonchev–Trinajstić information content (AvgIpc) is 2.61. The van der Waals surface area contributed by atoms with Gasteiger partial charge in [-0.1, -0.05) is 41.9 Å². The van der Waals surface area contributed by atoms with Crippen LogP contribution < -0.4 is 10.1 Å². The van der Waals surface area contributed by atoms with Crippen LogP contribution in [0.2, 0.25) is 5.02 Å². The Morgan fingerprint density at radius 3 is 2.56 bits per heavy atom. The molecule has 1 N–H and O–H groups in total. The number of halogens is 4. The van der Waals surface area contributed by atoms with Crippen LogP contribution in [-0.2, 0) is 10.9 Å². The van der Waals surface area contributed by atoms with Crippen LogP contribution in [0.1, 0.15) is 17.2 Å². The topological polar surface area (TPSA) is 30.5 Å². The third kappa shape index (κ3) is 4.45. The van der Waals surface area contributed by atoms with E-state index in [0.717, 1.165) is 24.2 Å². The molecule has 3 rings (SSSR count). The van der Waals surface area contributed by atoms with Crippen LogP contribution in [-0.4, -0.2) is 25.8 Å². The Balaban J connectivity index is 1.92. The molecule has 134 valence electrons. The monoisotopic (exact) mass is 371 g/mol. The molecule has 0 spiro atoms. The molecule has 1 heterocycles. The normalized spacial score (nSPS) is 19.4. The second-order valence-electron chi connectivity index (χ2n) is 5.71. The van der Waals surface area contributed by atoms with Crippen LogP contribution in [0.5, 0.6) is 5.75 Å². The van der Waals surface area contributed by atoms with Gasteiger partial charge in [0.05, 0.1) is 17.2 Å². The Morgan fingerprint density at radius 2 is 1.92 bits per heavy atom. The van der Waals surface area contributed by atoms with Crippen molar-refractivity contribution in [3.05, 3.63) is 64.7 Å². The summed E-state index contributed by atoms with van der Waals surface area (Å²) < 4.78 is 50.6. The Hall–Kier alpha value is -1.76. The van der Waals surface area contributed by atoms with Crippen LogP contribution in [0, 0.1) is 0 Å². The fourth-order valence-corrected chi connectivity index (χ4v) is 2.85. The summed E-state index contributed by atoms with van der Waals surface area (Å²) in [6.07, 6.45) is -5.37. The first-order valence-corrected chi connectivity index (χ1v) is 8.23. The van der Waals surface area contributed by atoms with Crippen molar-refractivity contribution in [2.45, 2.75) is 18.4 Å². The summed E-state index contributed by atoms with van der Waals surface area (Å²) in [5.41, 5.74) is 0.00563. The van der Waals surface area contributed by atoms with Crippen molar-refractivity contribution in [2.24, 2.45) is 0 Å². The zero-order valence-corrected chi connectivity index (χ0v) is 14.0. The van der Waals surface area contributed by atoms with Crippen LogP contribution in [0.4, 0.5) is 13.2 Å².